The van der Waals surface area contributed by atoms with Gasteiger partial charge in [-0.3, -0.25) is 4.79 Å². The van der Waals surface area contributed by atoms with Gasteiger partial charge < -0.3 is 20.4 Å². The molecule has 3 saturated carbocycles. The maximum atomic E-state index is 13.3. The maximum Gasteiger partial charge on any atom is 0.146 e. The van der Waals surface area contributed by atoms with Crippen LogP contribution in [0.1, 0.15) is 53.4 Å². The van der Waals surface area contributed by atoms with E-state index in [2.05, 4.69) is 6.58 Å². The third kappa shape index (κ3) is 1.90. The van der Waals surface area contributed by atoms with Crippen LogP contribution in [0, 0.1) is 28.1 Å². The molecule has 3 aliphatic carbocycles. The molecule has 2 bridgehead atoms. The zero-order valence-corrected chi connectivity index (χ0v) is 15.7. The van der Waals surface area contributed by atoms with Gasteiger partial charge in [-0.05, 0) is 38.5 Å². The summed E-state index contributed by atoms with van der Waals surface area (Å²) >= 11 is 0. The molecule has 0 heterocycles. The summed E-state index contributed by atoms with van der Waals surface area (Å²) < 4.78 is 0. The Morgan fingerprint density at radius 2 is 1.76 bits per heavy atom. The van der Waals surface area contributed by atoms with Crippen molar-refractivity contribution >= 4 is 5.78 Å². The molecule has 0 aromatic rings. The molecule has 5 heteroatoms. The minimum atomic E-state index is -1.71. The first-order valence-electron chi connectivity index (χ1n) is 9.37. The Morgan fingerprint density at radius 1 is 1.16 bits per heavy atom. The minimum absolute atomic E-state index is 0.0601. The Morgan fingerprint density at radius 3 is 2.32 bits per heavy atom. The molecular weight excluding hydrogens is 320 g/mol. The first kappa shape index (κ1) is 19.0. The van der Waals surface area contributed by atoms with Crippen molar-refractivity contribution in [3.63, 3.8) is 0 Å². The lowest BCUT2D eigenvalue weighted by Gasteiger charge is -2.65. The van der Waals surface area contributed by atoms with Crippen LogP contribution in [0.4, 0.5) is 0 Å². The fraction of sp³-hybridized carbons (Fsp3) is 0.850. The highest BCUT2D eigenvalue weighted by atomic mass is 16.4. The molecule has 0 radical (unpaired) electrons. The van der Waals surface area contributed by atoms with Gasteiger partial charge in [0.2, 0.25) is 0 Å². The summed E-state index contributed by atoms with van der Waals surface area (Å²) in [6.07, 6.45) is -0.280. The van der Waals surface area contributed by atoms with Crippen molar-refractivity contribution in [2.45, 2.75) is 77.3 Å². The fourth-order valence-corrected chi connectivity index (χ4v) is 6.46. The van der Waals surface area contributed by atoms with E-state index >= 15 is 0 Å². The summed E-state index contributed by atoms with van der Waals surface area (Å²) in [7, 11) is 0. The molecule has 3 aliphatic rings. The fourth-order valence-electron chi connectivity index (χ4n) is 6.46. The highest BCUT2D eigenvalue weighted by Gasteiger charge is 2.77. The van der Waals surface area contributed by atoms with E-state index in [1.54, 1.807) is 19.9 Å². The third-order valence-corrected chi connectivity index (χ3v) is 8.54. The number of aliphatic hydroxyl groups excluding tert-OH is 3. The van der Waals surface area contributed by atoms with Crippen LogP contribution >= 0.6 is 0 Å². The summed E-state index contributed by atoms with van der Waals surface area (Å²) in [4.78, 5) is 13.3. The average molecular weight is 352 g/mol. The number of allylic oxidation sites excluding steroid dienone is 1. The highest BCUT2D eigenvalue weighted by molar-refractivity contribution is 5.89. The second-order valence-electron chi connectivity index (χ2n) is 9.29. The van der Waals surface area contributed by atoms with Gasteiger partial charge in [-0.2, -0.15) is 0 Å². The predicted molar refractivity (Wildman–Crippen MR) is 93.6 cm³/mol. The molecule has 0 saturated heterocycles. The quantitative estimate of drug-likeness (QED) is 0.535. The lowest BCUT2D eigenvalue weighted by atomic mass is 9.41. The molecule has 0 aromatic carbocycles. The molecule has 0 spiro atoms. The summed E-state index contributed by atoms with van der Waals surface area (Å²) in [6, 6.07) is 0. The number of ketones is 1. The van der Waals surface area contributed by atoms with Crippen molar-refractivity contribution in [2.24, 2.45) is 28.1 Å². The van der Waals surface area contributed by atoms with Crippen LogP contribution < -0.4 is 0 Å². The molecule has 0 amide bonds. The predicted octanol–water partition coefficient (Wildman–Crippen LogP) is 1.43. The van der Waals surface area contributed by atoms with Crippen molar-refractivity contribution in [1.29, 1.82) is 0 Å². The lowest BCUT2D eigenvalue weighted by Crippen LogP contribution is -2.73. The van der Waals surface area contributed by atoms with Gasteiger partial charge in [-0.15, -0.1) is 6.58 Å². The topological polar surface area (TPSA) is 98.0 Å². The molecule has 3 fully saturated rings. The molecule has 142 valence electrons. The molecule has 9 atom stereocenters. The van der Waals surface area contributed by atoms with Crippen molar-refractivity contribution in [1.82, 2.24) is 0 Å². The first-order chi connectivity index (χ1) is 11.4. The summed E-state index contributed by atoms with van der Waals surface area (Å²) in [6.45, 7) is 11.2. The van der Waals surface area contributed by atoms with Gasteiger partial charge in [-0.25, -0.2) is 0 Å². The zero-order chi connectivity index (χ0) is 19.0. The van der Waals surface area contributed by atoms with Crippen LogP contribution in [0.5, 0.6) is 0 Å². The van der Waals surface area contributed by atoms with E-state index in [1.807, 2.05) is 13.8 Å². The normalized spacial score (nSPS) is 59.0. The number of rotatable bonds is 1. The van der Waals surface area contributed by atoms with E-state index in [4.69, 9.17) is 0 Å². The molecule has 25 heavy (non-hydrogen) atoms. The molecule has 3 rings (SSSR count). The maximum absolute atomic E-state index is 13.3. The first-order valence-corrected chi connectivity index (χ1v) is 9.37. The third-order valence-electron chi connectivity index (χ3n) is 8.54. The standard InChI is InChI=1S/C20H32O5/c1-6-17(4)10-14(22)18(5)11(2)7-8-19(12(3)15(17)23)9-13(21)16(24)20(18,19)25/h6,11-14,16,21-22,24-25H,1,7-10H2,2-5H3/t11-,12+,13+,14-,16-,17-,18+,19+,20+/m1/s1. The largest absolute Gasteiger partial charge is 0.392 e. The van der Waals surface area contributed by atoms with Crippen molar-refractivity contribution in [3.8, 4) is 0 Å². The Kier molecular flexibility index (Phi) is 4.09. The number of Topliss-reactive ketones (excluding diaryl/α,β-unsaturated/α-hetero) is 1. The Hall–Kier alpha value is -0.750. The lowest BCUT2D eigenvalue weighted by molar-refractivity contribution is -0.285. The molecule has 0 aromatic heterocycles. The number of hydrogen-bond acceptors (Lipinski definition) is 5. The van der Waals surface area contributed by atoms with Crippen LogP contribution in [0.25, 0.3) is 0 Å². The Bertz CT molecular complexity index is 605. The summed E-state index contributed by atoms with van der Waals surface area (Å²) in [5, 5.41) is 44.4. The van der Waals surface area contributed by atoms with Crippen LogP contribution in [-0.2, 0) is 4.79 Å². The smallest absolute Gasteiger partial charge is 0.146 e. The number of hydrogen-bond donors (Lipinski definition) is 4. The highest BCUT2D eigenvalue weighted by Crippen LogP contribution is 2.69. The van der Waals surface area contributed by atoms with Crippen LogP contribution in [0.3, 0.4) is 0 Å². The van der Waals surface area contributed by atoms with Gasteiger partial charge in [0.05, 0.1) is 12.2 Å². The van der Waals surface area contributed by atoms with Gasteiger partial charge >= 0.3 is 0 Å². The number of carbonyl (C=O) groups excluding carboxylic acids is 1. The van der Waals surface area contributed by atoms with Gasteiger partial charge in [0.15, 0.2) is 0 Å². The zero-order valence-electron chi connectivity index (χ0n) is 15.7. The Balaban J connectivity index is 2.32. The Labute approximate surface area is 149 Å². The van der Waals surface area contributed by atoms with Crippen LogP contribution in [0.2, 0.25) is 0 Å². The van der Waals surface area contributed by atoms with Crippen molar-refractivity contribution in [3.05, 3.63) is 12.7 Å². The molecule has 5 nitrogen and oxygen atoms in total. The van der Waals surface area contributed by atoms with E-state index in [0.717, 1.165) is 6.42 Å². The number of aliphatic hydroxyl groups is 4. The summed E-state index contributed by atoms with van der Waals surface area (Å²) in [5.41, 5.74) is -4.59. The van der Waals surface area contributed by atoms with Crippen molar-refractivity contribution in [2.75, 3.05) is 0 Å². The molecular formula is C20H32O5. The minimum Gasteiger partial charge on any atom is -0.392 e. The van der Waals surface area contributed by atoms with Gasteiger partial charge in [0, 0.05) is 22.2 Å². The van der Waals surface area contributed by atoms with Crippen LogP contribution in [0.15, 0.2) is 12.7 Å². The molecule has 4 N–H and O–H groups in total. The number of carbonyl (C=O) groups is 1. The van der Waals surface area contributed by atoms with Crippen LogP contribution in [-0.4, -0.2) is 50.1 Å². The summed E-state index contributed by atoms with van der Waals surface area (Å²) in [5.74, 6) is -0.695. The molecule has 0 unspecified atom stereocenters. The van der Waals surface area contributed by atoms with Crippen molar-refractivity contribution < 1.29 is 25.2 Å². The van der Waals surface area contributed by atoms with E-state index < -0.39 is 46.1 Å². The van der Waals surface area contributed by atoms with Gasteiger partial charge in [0.25, 0.3) is 0 Å². The second-order valence-corrected chi connectivity index (χ2v) is 9.29. The second kappa shape index (κ2) is 5.38. The van der Waals surface area contributed by atoms with E-state index in [0.29, 0.717) is 6.42 Å². The van der Waals surface area contributed by atoms with E-state index in [1.165, 1.54) is 0 Å². The average Bonchev–Trinajstić information content (AvgIpc) is 2.78. The van der Waals surface area contributed by atoms with E-state index in [9.17, 15) is 25.2 Å². The SMILES string of the molecule is C=C[C@]1(C)C[C@@H](O)[C@]2(C)[C@H](C)CC[C@]3(C[C@H](O)[C@@H](O)[C@@]32O)[C@@H](C)C1=O. The monoisotopic (exact) mass is 352 g/mol. The molecule has 0 aliphatic heterocycles. The van der Waals surface area contributed by atoms with Gasteiger partial charge in [0.1, 0.15) is 17.5 Å². The van der Waals surface area contributed by atoms with Gasteiger partial charge in [-0.1, -0.05) is 26.8 Å². The van der Waals surface area contributed by atoms with E-state index in [-0.39, 0.29) is 24.5 Å².